The molecule has 8 rings (SSSR count). The molecule has 316 valence electrons. The van der Waals surface area contributed by atoms with Gasteiger partial charge in [0.1, 0.15) is 4.60 Å². The molecule has 0 unspecified atom stereocenters. The molecule has 12 nitrogen and oxygen atoms in total. The second-order valence-corrected chi connectivity index (χ2v) is 16.5. The number of rotatable bonds is 11. The van der Waals surface area contributed by atoms with E-state index in [1.165, 1.54) is 26.4 Å². The van der Waals surface area contributed by atoms with Gasteiger partial charge in [-0.05, 0) is 141 Å². The second-order valence-electron chi connectivity index (χ2n) is 15.6. The summed E-state index contributed by atoms with van der Waals surface area (Å²) in [6, 6.07) is 18.3. The third-order valence-electron chi connectivity index (χ3n) is 11.6. The molecule has 2 amide bonds. The molecular weight excluding hydrogens is 822 g/mol. The Bertz CT molecular complexity index is 1990. The van der Waals surface area contributed by atoms with Crippen molar-refractivity contribution in [2.24, 2.45) is 11.8 Å². The number of hydrogen-bond donors (Lipinski definition) is 1. The first-order valence-electron chi connectivity index (χ1n) is 20.5. The summed E-state index contributed by atoms with van der Waals surface area (Å²) in [5.41, 5.74) is 3.94. The topological polar surface area (TPSA) is 126 Å². The summed E-state index contributed by atoms with van der Waals surface area (Å²) in [6.07, 6.45) is 7.14. The van der Waals surface area contributed by atoms with Gasteiger partial charge in [0.15, 0.2) is 29.0 Å². The summed E-state index contributed by atoms with van der Waals surface area (Å²) in [5, 5.41) is 19.3. The smallest absolute Gasteiger partial charge is 0.226 e. The summed E-state index contributed by atoms with van der Waals surface area (Å²) in [6.45, 7) is 8.86. The number of nitrogens with zero attached hydrogens (tertiary/aromatic N) is 7. The Morgan fingerprint density at radius 3 is 1.78 bits per heavy atom. The second kappa shape index (κ2) is 21.0. The summed E-state index contributed by atoms with van der Waals surface area (Å²) in [5.74, 6) is 1.61. The number of anilines is 1. The van der Waals surface area contributed by atoms with E-state index in [0.717, 1.165) is 124 Å². The third-order valence-corrected chi connectivity index (χ3v) is 12.0. The van der Waals surface area contributed by atoms with Gasteiger partial charge >= 0.3 is 0 Å². The molecule has 4 aliphatic heterocycles. The van der Waals surface area contributed by atoms with Crippen LogP contribution in [-0.4, -0.2) is 108 Å². The van der Waals surface area contributed by atoms with Gasteiger partial charge in [0.05, 0.1) is 31.6 Å². The van der Waals surface area contributed by atoms with Crippen LogP contribution in [0.3, 0.4) is 0 Å². The molecule has 4 saturated heterocycles. The lowest BCUT2D eigenvalue weighted by Crippen LogP contribution is -2.51. The van der Waals surface area contributed by atoms with Gasteiger partial charge in [-0.25, -0.2) is 8.78 Å². The molecule has 4 aromatic rings. The summed E-state index contributed by atoms with van der Waals surface area (Å²) in [7, 11) is 2.95. The molecule has 4 aliphatic rings. The zero-order valence-corrected chi connectivity index (χ0v) is 36.0. The van der Waals surface area contributed by atoms with E-state index >= 15 is 0 Å². The highest BCUT2D eigenvalue weighted by Crippen LogP contribution is 2.33. The average molecular weight is 878 g/mol. The molecule has 0 bridgehead atoms. The minimum Gasteiger partial charge on any atom is -0.494 e. The number of piperazine rings is 2. The minimum absolute atomic E-state index is 0.0754. The van der Waals surface area contributed by atoms with Gasteiger partial charge in [-0.3, -0.25) is 9.59 Å². The van der Waals surface area contributed by atoms with Gasteiger partial charge in [-0.15, -0.1) is 10.2 Å². The van der Waals surface area contributed by atoms with Crippen LogP contribution in [0, 0.1) is 37.3 Å². The summed E-state index contributed by atoms with van der Waals surface area (Å²) in [4.78, 5) is 31.5. The fourth-order valence-electron chi connectivity index (χ4n) is 8.39. The van der Waals surface area contributed by atoms with Crippen LogP contribution in [0.1, 0.15) is 61.0 Å². The van der Waals surface area contributed by atoms with E-state index in [1.54, 1.807) is 24.3 Å². The molecule has 4 atom stereocenters. The Labute approximate surface area is 354 Å². The molecular formula is C44H55BrF2N8O4. The van der Waals surface area contributed by atoms with Gasteiger partial charge in [-0.1, -0.05) is 12.1 Å². The van der Waals surface area contributed by atoms with Gasteiger partial charge in [0, 0.05) is 57.1 Å². The fraction of sp³-hybridized carbons (Fsp3) is 0.500. The summed E-state index contributed by atoms with van der Waals surface area (Å²) >= 11 is 3.17. The SMILES string of the molecule is COc1cc(CCC[C@H]2C[C@H]3CN(c4ccc(C)nn4)CCN3C2=O)ccc1F.COc1cc(CCC[C@H]2C[C@H]3CNCCN3C2=O)ccc1F.Cc1ccc(Br)nn1. The Hall–Kier alpha value is -4.76. The lowest BCUT2D eigenvalue weighted by molar-refractivity contribution is -0.133. The van der Waals surface area contributed by atoms with Crippen LogP contribution < -0.4 is 19.7 Å². The largest absolute Gasteiger partial charge is 0.494 e. The van der Waals surface area contributed by atoms with E-state index in [4.69, 9.17) is 9.47 Å². The Morgan fingerprint density at radius 2 is 1.27 bits per heavy atom. The monoisotopic (exact) mass is 876 g/mol. The highest BCUT2D eigenvalue weighted by atomic mass is 79.9. The predicted octanol–water partition coefficient (Wildman–Crippen LogP) is 6.52. The zero-order chi connectivity index (χ0) is 41.9. The molecule has 6 heterocycles. The van der Waals surface area contributed by atoms with Crippen LogP contribution >= 0.6 is 15.9 Å². The third kappa shape index (κ3) is 11.7. The summed E-state index contributed by atoms with van der Waals surface area (Å²) < 4.78 is 37.8. The molecule has 0 radical (unpaired) electrons. The Kier molecular flexibility index (Phi) is 15.6. The van der Waals surface area contributed by atoms with Crippen molar-refractivity contribution in [3.8, 4) is 11.5 Å². The molecule has 15 heteroatoms. The number of carbonyl (C=O) groups excluding carboxylic acids is 2. The fourth-order valence-corrected chi connectivity index (χ4v) is 8.61. The number of ether oxygens (including phenoxy) is 2. The van der Waals surface area contributed by atoms with Crippen molar-refractivity contribution < 1.29 is 27.8 Å². The molecule has 2 aromatic heterocycles. The Morgan fingerprint density at radius 1 is 0.712 bits per heavy atom. The van der Waals surface area contributed by atoms with Gasteiger partial charge in [-0.2, -0.15) is 10.2 Å². The van der Waals surface area contributed by atoms with E-state index in [0.29, 0.717) is 11.9 Å². The van der Waals surface area contributed by atoms with Crippen molar-refractivity contribution in [1.82, 2.24) is 35.5 Å². The van der Waals surface area contributed by atoms with Crippen molar-refractivity contribution in [3.63, 3.8) is 0 Å². The van der Waals surface area contributed by atoms with E-state index in [-0.39, 0.29) is 46.9 Å². The van der Waals surface area contributed by atoms with E-state index in [1.807, 2.05) is 47.9 Å². The van der Waals surface area contributed by atoms with Gasteiger partial charge in [0.25, 0.3) is 0 Å². The molecule has 0 aliphatic carbocycles. The van der Waals surface area contributed by atoms with E-state index in [2.05, 4.69) is 46.5 Å². The molecule has 0 spiro atoms. The molecule has 59 heavy (non-hydrogen) atoms. The van der Waals surface area contributed by atoms with Crippen molar-refractivity contribution in [2.75, 3.05) is 58.4 Å². The number of aromatic nitrogens is 4. The zero-order valence-electron chi connectivity index (χ0n) is 34.4. The first-order chi connectivity index (χ1) is 28.5. The quantitative estimate of drug-likeness (QED) is 0.178. The van der Waals surface area contributed by atoms with E-state index < -0.39 is 0 Å². The number of nitrogens with one attached hydrogen (secondary N) is 1. The lowest BCUT2D eigenvalue weighted by atomic mass is 9.96. The number of fused-ring (bicyclic) bond motifs is 2. The van der Waals surface area contributed by atoms with Gasteiger partial charge in [0.2, 0.25) is 11.8 Å². The number of carbonyl (C=O) groups is 2. The van der Waals surface area contributed by atoms with Crippen LogP contribution in [0.2, 0.25) is 0 Å². The highest BCUT2D eigenvalue weighted by molar-refractivity contribution is 9.10. The van der Waals surface area contributed by atoms with Crippen LogP contribution in [0.4, 0.5) is 14.6 Å². The number of methoxy groups -OCH3 is 2. The molecule has 4 fully saturated rings. The highest BCUT2D eigenvalue weighted by Gasteiger charge is 2.42. The minimum atomic E-state index is -0.345. The lowest BCUT2D eigenvalue weighted by Gasteiger charge is -2.37. The van der Waals surface area contributed by atoms with Crippen molar-refractivity contribution >= 4 is 33.6 Å². The Balaban J connectivity index is 0.000000171. The maximum Gasteiger partial charge on any atom is 0.226 e. The van der Waals surface area contributed by atoms with Crippen molar-refractivity contribution in [3.05, 3.63) is 99.4 Å². The number of amides is 2. The maximum absolute atomic E-state index is 13.5. The molecule has 1 N–H and O–H groups in total. The first kappa shape index (κ1) is 43.8. The average Bonchev–Trinajstić information content (AvgIpc) is 3.74. The van der Waals surface area contributed by atoms with Crippen LogP contribution in [-0.2, 0) is 22.4 Å². The number of hydrogen-bond acceptors (Lipinski definition) is 10. The van der Waals surface area contributed by atoms with Crippen molar-refractivity contribution in [2.45, 2.75) is 77.3 Å². The van der Waals surface area contributed by atoms with Gasteiger partial charge < -0.3 is 29.5 Å². The molecule has 2 aromatic carbocycles. The standard InChI is InChI=1S/C22H27FN4O2.C17H23FN2O2.C5H5BrN2/c1-15-6-9-21(25-24-15)26-10-11-27-18(14-26)13-17(22(27)28)5-3-4-16-7-8-19(23)20(12-16)29-2;1-22-16-9-12(5-6-15(16)18)3-2-4-13-10-14-11-19-7-8-20(14)17(13)21;1-4-2-3-5(6)8-7-4/h6-9,12,17-18H,3-5,10-11,13-14H2,1-2H3;5-6,9,13-14,19H,2-4,7-8,10-11H2,1H3;2-3H,1H3/t17-,18-;13-,14-;/m00./s1. The maximum atomic E-state index is 13.5. The number of benzene rings is 2. The number of halogens is 3. The van der Waals surface area contributed by atoms with Crippen LogP contribution in [0.5, 0.6) is 11.5 Å². The first-order valence-corrected chi connectivity index (χ1v) is 21.3. The molecule has 0 saturated carbocycles. The van der Waals surface area contributed by atoms with Crippen molar-refractivity contribution in [1.29, 1.82) is 0 Å². The van der Waals surface area contributed by atoms with E-state index in [9.17, 15) is 18.4 Å². The number of aryl methyl sites for hydroxylation is 4. The van der Waals surface area contributed by atoms with Crippen LogP contribution in [0.25, 0.3) is 0 Å². The van der Waals surface area contributed by atoms with Crippen LogP contribution in [0.15, 0.2) is 65.3 Å². The predicted molar refractivity (Wildman–Crippen MR) is 225 cm³/mol. The normalized spacial score (nSPS) is 20.9.